The Hall–Kier alpha value is -0.890. The van der Waals surface area contributed by atoms with Gasteiger partial charge in [0.15, 0.2) is 0 Å². The molecule has 0 aliphatic carbocycles. The Morgan fingerprint density at radius 2 is 1.00 bits per heavy atom. The van der Waals surface area contributed by atoms with Gasteiger partial charge in [-0.25, -0.2) is 0 Å². The van der Waals surface area contributed by atoms with E-state index >= 15 is 0 Å². The second kappa shape index (κ2) is 10.1. The summed E-state index contributed by atoms with van der Waals surface area (Å²) in [7, 11) is 0. The molecule has 3 heteroatoms. The molecule has 116 valence electrons. The molecule has 0 amide bonds. The number of halogens is 2. The average molecular weight is 508 g/mol. The van der Waals surface area contributed by atoms with Crippen LogP contribution >= 0.6 is 0 Å². The summed E-state index contributed by atoms with van der Waals surface area (Å²) in [5.74, 6) is 0. The number of rotatable bonds is 0. The molecule has 0 spiro atoms. The smallest absolute Gasteiger partial charge is 1.00 e. The molecule has 23 heavy (non-hydrogen) atoms. The average Bonchev–Trinajstić information content (AvgIpc) is 3.08. The van der Waals surface area contributed by atoms with Crippen molar-refractivity contribution in [1.29, 1.82) is 0 Å². The summed E-state index contributed by atoms with van der Waals surface area (Å²) >= 11 is 0. The summed E-state index contributed by atoms with van der Waals surface area (Å²) in [4.78, 5) is 0. The summed E-state index contributed by atoms with van der Waals surface area (Å²) in [6.45, 7) is 4.28. The minimum Gasteiger partial charge on any atom is -1.00 e. The first kappa shape index (κ1) is 22.1. The van der Waals surface area contributed by atoms with Crippen molar-refractivity contribution in [2.75, 3.05) is 0 Å². The summed E-state index contributed by atoms with van der Waals surface area (Å²) in [5.41, 5.74) is 2.73. The van der Waals surface area contributed by atoms with Gasteiger partial charge in [-0.15, -0.1) is 57.9 Å². The molecule has 0 saturated heterocycles. The molecule has 4 rings (SSSR count). The molecule has 0 radical (unpaired) electrons. The quantitative estimate of drug-likeness (QED) is 0.227. The Morgan fingerprint density at radius 1 is 0.609 bits per heavy atom. The van der Waals surface area contributed by atoms with E-state index in [0.29, 0.717) is 0 Å². The third-order valence-electron chi connectivity index (χ3n) is 3.79. The van der Waals surface area contributed by atoms with Gasteiger partial charge >= 0.3 is 25.8 Å². The van der Waals surface area contributed by atoms with Crippen molar-refractivity contribution in [2.24, 2.45) is 0 Å². The van der Waals surface area contributed by atoms with Crippen LogP contribution in [-0.4, -0.2) is 0 Å². The van der Waals surface area contributed by atoms with Crippen LogP contribution in [0.5, 0.6) is 0 Å². The summed E-state index contributed by atoms with van der Waals surface area (Å²) in [6.07, 6.45) is 0. The maximum atomic E-state index is 2.16. The van der Waals surface area contributed by atoms with Gasteiger partial charge in [0.25, 0.3) is 0 Å². The van der Waals surface area contributed by atoms with E-state index < -0.39 is 0 Å². The number of benzene rings is 2. The van der Waals surface area contributed by atoms with Crippen molar-refractivity contribution in [3.8, 4) is 0 Å². The second-order valence-electron chi connectivity index (χ2n) is 5.21. The molecule has 0 bridgehead atoms. The molecule has 0 unspecified atom stereocenters. The fraction of sp³-hybridized carbons (Fsp3) is 0.100. The van der Waals surface area contributed by atoms with Crippen molar-refractivity contribution < 1.29 is 50.7 Å². The second-order valence-corrected chi connectivity index (χ2v) is 5.21. The molecule has 4 aromatic rings. The van der Waals surface area contributed by atoms with Gasteiger partial charge in [-0.05, 0) is 13.8 Å². The summed E-state index contributed by atoms with van der Waals surface area (Å²) in [5, 5.41) is 5.45. The minimum atomic E-state index is 0. The fourth-order valence-corrected chi connectivity index (χ4v) is 2.65. The summed E-state index contributed by atoms with van der Waals surface area (Å²) < 4.78 is 0. The van der Waals surface area contributed by atoms with Crippen LogP contribution in [0.1, 0.15) is 11.1 Å². The SMILES string of the molecule is Cc1cccc2[cH-]ccc12.Cc1cccc2[cH-]ccc12.[Cl-].[Cl-].[Hf+4]. The van der Waals surface area contributed by atoms with Crippen LogP contribution in [0.2, 0.25) is 0 Å². The van der Waals surface area contributed by atoms with Crippen molar-refractivity contribution in [3.63, 3.8) is 0 Å². The van der Waals surface area contributed by atoms with Gasteiger partial charge in [-0.2, -0.15) is 24.3 Å². The van der Waals surface area contributed by atoms with E-state index in [2.05, 4.69) is 86.6 Å². The maximum absolute atomic E-state index is 2.16. The predicted molar refractivity (Wildman–Crippen MR) is 88.6 cm³/mol. The first-order valence-electron chi connectivity index (χ1n) is 6.98. The Labute approximate surface area is 169 Å². The van der Waals surface area contributed by atoms with E-state index in [9.17, 15) is 0 Å². The van der Waals surface area contributed by atoms with Crippen molar-refractivity contribution in [2.45, 2.75) is 13.8 Å². The van der Waals surface area contributed by atoms with Gasteiger partial charge in [0.2, 0.25) is 0 Å². The molecular formula is C20H18Cl2Hf. The van der Waals surface area contributed by atoms with Gasteiger partial charge in [0, 0.05) is 0 Å². The van der Waals surface area contributed by atoms with Crippen LogP contribution in [0.3, 0.4) is 0 Å². The molecule has 0 N–H and O–H groups in total. The maximum Gasteiger partial charge on any atom is 4.00 e. The van der Waals surface area contributed by atoms with Gasteiger partial charge in [-0.3, -0.25) is 0 Å². The molecule has 0 nitrogen and oxygen atoms in total. The number of fused-ring (bicyclic) bond motifs is 2. The van der Waals surface area contributed by atoms with Crippen LogP contribution < -0.4 is 24.8 Å². The first-order chi connectivity index (χ1) is 9.75. The summed E-state index contributed by atoms with van der Waals surface area (Å²) in [6, 6.07) is 25.5. The number of hydrogen-bond acceptors (Lipinski definition) is 0. The fourth-order valence-electron chi connectivity index (χ4n) is 2.65. The van der Waals surface area contributed by atoms with Crippen LogP contribution in [-0.2, 0) is 25.8 Å². The van der Waals surface area contributed by atoms with Gasteiger partial charge < -0.3 is 24.8 Å². The molecular weight excluding hydrogens is 490 g/mol. The molecule has 0 aliphatic heterocycles. The largest absolute Gasteiger partial charge is 4.00 e. The number of hydrogen-bond donors (Lipinski definition) is 0. The predicted octanol–water partition coefficient (Wildman–Crippen LogP) is -0.260. The van der Waals surface area contributed by atoms with Crippen molar-refractivity contribution in [3.05, 3.63) is 83.9 Å². The Morgan fingerprint density at radius 3 is 1.35 bits per heavy atom. The zero-order valence-corrected chi connectivity index (χ0v) is 18.3. The van der Waals surface area contributed by atoms with E-state index in [1.54, 1.807) is 0 Å². The van der Waals surface area contributed by atoms with Gasteiger partial charge in [0.05, 0.1) is 0 Å². The standard InChI is InChI=1S/2C10H9.2ClH.Hf/c2*1-8-4-2-5-9-6-3-7-10(8)9;;;/h2*2-7H,1H3;2*1H;/q2*-1;;;+4/p-2. The molecule has 0 saturated carbocycles. The molecule has 0 aromatic heterocycles. The van der Waals surface area contributed by atoms with Crippen LogP contribution in [0.4, 0.5) is 0 Å². The Balaban J connectivity index is 0.000000372. The van der Waals surface area contributed by atoms with Crippen molar-refractivity contribution >= 4 is 21.5 Å². The first-order valence-corrected chi connectivity index (χ1v) is 6.98. The normalized spacial score (nSPS) is 9.13. The molecule has 0 heterocycles. The zero-order chi connectivity index (χ0) is 13.9. The molecule has 4 aromatic carbocycles. The minimum absolute atomic E-state index is 0. The van der Waals surface area contributed by atoms with Gasteiger partial charge in [-0.1, -0.05) is 23.3 Å². The number of aryl methyl sites for hydroxylation is 2. The zero-order valence-electron chi connectivity index (χ0n) is 13.2. The van der Waals surface area contributed by atoms with E-state index in [4.69, 9.17) is 0 Å². The Kier molecular flexibility index (Phi) is 9.68. The third-order valence-corrected chi connectivity index (χ3v) is 3.79. The Bertz CT molecular complexity index is 771. The topological polar surface area (TPSA) is 0 Å². The van der Waals surface area contributed by atoms with E-state index in [0.717, 1.165) is 0 Å². The van der Waals surface area contributed by atoms with Crippen molar-refractivity contribution in [1.82, 2.24) is 0 Å². The van der Waals surface area contributed by atoms with Gasteiger partial charge in [0.1, 0.15) is 0 Å². The molecule has 0 atom stereocenters. The monoisotopic (exact) mass is 508 g/mol. The van der Waals surface area contributed by atoms with Crippen LogP contribution in [0, 0.1) is 13.8 Å². The van der Waals surface area contributed by atoms with Crippen LogP contribution in [0.15, 0.2) is 72.8 Å². The van der Waals surface area contributed by atoms with E-state index in [-0.39, 0.29) is 50.7 Å². The van der Waals surface area contributed by atoms with E-state index in [1.165, 1.54) is 32.7 Å². The van der Waals surface area contributed by atoms with E-state index in [1.807, 2.05) is 0 Å². The molecule has 0 aliphatic rings. The third kappa shape index (κ3) is 5.04. The molecule has 0 fully saturated rings. The van der Waals surface area contributed by atoms with Crippen LogP contribution in [0.25, 0.3) is 21.5 Å².